The molecule has 1 fully saturated rings. The van der Waals surface area contributed by atoms with E-state index in [1.165, 1.54) is 54.7 Å². The largest absolute Gasteiger partial charge is 0.317 e. The van der Waals surface area contributed by atoms with Crippen LogP contribution in [0.5, 0.6) is 0 Å². The summed E-state index contributed by atoms with van der Waals surface area (Å²) in [5, 5.41) is 10.9. The van der Waals surface area contributed by atoms with E-state index >= 15 is 0 Å². The van der Waals surface area contributed by atoms with E-state index in [1.807, 2.05) is 14.1 Å². The maximum atomic E-state index is 12.6. The zero-order valence-electron chi connectivity index (χ0n) is 24.8. The number of halogens is 2. The van der Waals surface area contributed by atoms with Gasteiger partial charge in [0.05, 0.1) is 0 Å². The molecule has 0 radical (unpaired) electrons. The molecule has 39 heavy (non-hydrogen) atoms. The number of rotatable bonds is 9. The van der Waals surface area contributed by atoms with Crippen molar-refractivity contribution in [1.82, 2.24) is 15.2 Å². The molecule has 6 heteroatoms. The van der Waals surface area contributed by atoms with Crippen LogP contribution in [0.3, 0.4) is 0 Å². The van der Waals surface area contributed by atoms with Gasteiger partial charge in [-0.25, -0.2) is 8.78 Å². The van der Waals surface area contributed by atoms with Crippen molar-refractivity contribution in [3.8, 4) is 0 Å². The zero-order valence-corrected chi connectivity index (χ0v) is 24.8. The third-order valence-electron chi connectivity index (χ3n) is 6.25. The van der Waals surface area contributed by atoms with Crippen LogP contribution in [-0.2, 0) is 12.3 Å². The second kappa shape index (κ2) is 17.4. The van der Waals surface area contributed by atoms with Gasteiger partial charge in [-0.05, 0) is 107 Å². The minimum Gasteiger partial charge on any atom is -0.317 e. The van der Waals surface area contributed by atoms with Gasteiger partial charge in [0.25, 0.3) is 5.92 Å². The first-order chi connectivity index (χ1) is 18.4. The van der Waals surface area contributed by atoms with Crippen molar-refractivity contribution in [3.05, 3.63) is 100 Å². The molecule has 1 aliphatic rings. The summed E-state index contributed by atoms with van der Waals surface area (Å²) in [7, 11) is 4.10. The maximum absolute atomic E-state index is 12.6. The highest BCUT2D eigenvalue weighted by atomic mass is 19.3. The van der Waals surface area contributed by atoms with Crippen LogP contribution in [0.1, 0.15) is 61.4 Å². The molecule has 0 atom stereocenters. The van der Waals surface area contributed by atoms with Crippen LogP contribution in [-0.4, -0.2) is 49.8 Å². The fraction of sp³-hybridized carbons (Fsp3) is 0.424. The molecule has 0 aliphatic carbocycles. The third-order valence-corrected chi connectivity index (χ3v) is 6.25. The topological polar surface area (TPSA) is 52.0 Å². The van der Waals surface area contributed by atoms with Crippen molar-refractivity contribution in [2.75, 3.05) is 33.7 Å². The number of nitrogens with zero attached hydrogens (tertiary/aromatic N) is 2. The average molecular weight is 537 g/mol. The van der Waals surface area contributed by atoms with Crippen molar-refractivity contribution in [3.63, 3.8) is 0 Å². The summed E-state index contributed by atoms with van der Waals surface area (Å²) < 4.78 is 25.2. The Morgan fingerprint density at radius 2 is 1.85 bits per heavy atom. The quantitative estimate of drug-likeness (QED) is 0.196. The predicted molar refractivity (Wildman–Crippen MR) is 163 cm³/mol. The van der Waals surface area contributed by atoms with Gasteiger partial charge in [-0.3, -0.25) is 4.98 Å². The van der Waals surface area contributed by atoms with E-state index in [9.17, 15) is 8.78 Å². The van der Waals surface area contributed by atoms with Crippen LogP contribution in [0, 0.1) is 19.3 Å². The Labute approximate surface area is 234 Å². The number of aryl methyl sites for hydroxylation is 2. The molecular formula is C33H46F2N4. The zero-order chi connectivity index (χ0) is 29.4. The molecule has 1 saturated heterocycles. The number of aromatic nitrogens is 1. The van der Waals surface area contributed by atoms with Crippen LogP contribution in [0.4, 0.5) is 8.78 Å². The molecule has 0 saturated carbocycles. The minimum absolute atomic E-state index is 0.0301. The highest BCUT2D eigenvalue weighted by Crippen LogP contribution is 2.26. The normalized spacial score (nSPS) is 13.3. The Morgan fingerprint density at radius 1 is 1.21 bits per heavy atom. The van der Waals surface area contributed by atoms with Crippen molar-refractivity contribution < 1.29 is 8.78 Å². The fourth-order valence-electron chi connectivity index (χ4n) is 3.51. The van der Waals surface area contributed by atoms with Crippen LogP contribution in [0.2, 0.25) is 0 Å². The monoisotopic (exact) mass is 536 g/mol. The van der Waals surface area contributed by atoms with Crippen LogP contribution in [0.25, 0.3) is 5.57 Å². The molecule has 0 spiro atoms. The fourth-order valence-corrected chi connectivity index (χ4v) is 3.51. The van der Waals surface area contributed by atoms with Crippen LogP contribution < -0.4 is 5.32 Å². The van der Waals surface area contributed by atoms with Crippen molar-refractivity contribution in [1.29, 1.82) is 5.41 Å². The van der Waals surface area contributed by atoms with E-state index in [2.05, 4.69) is 78.6 Å². The number of pyridine rings is 1. The van der Waals surface area contributed by atoms with Crippen molar-refractivity contribution >= 4 is 11.8 Å². The Hall–Kier alpha value is -3.18. The molecule has 1 aromatic heterocycles. The average Bonchev–Trinajstić information content (AvgIpc) is 2.83. The summed E-state index contributed by atoms with van der Waals surface area (Å²) in [5.41, 5.74) is 10.8. The second-order valence-electron chi connectivity index (χ2n) is 10.1. The number of hydrogen-bond acceptors (Lipinski definition) is 4. The summed E-state index contributed by atoms with van der Waals surface area (Å²) in [6, 6.07) is 7.93. The number of allylic oxidation sites excluding steroid dienone is 4. The third kappa shape index (κ3) is 12.9. The lowest BCUT2D eigenvalue weighted by atomic mass is 9.93. The Kier molecular flexibility index (Phi) is 15.1. The summed E-state index contributed by atoms with van der Waals surface area (Å²) in [5.74, 6) is -2.78. The van der Waals surface area contributed by atoms with Crippen molar-refractivity contribution in [2.45, 2.75) is 59.8 Å². The lowest BCUT2D eigenvalue weighted by Gasteiger charge is -2.12. The lowest BCUT2D eigenvalue weighted by Crippen LogP contribution is -2.29. The molecule has 1 aromatic carbocycles. The summed E-state index contributed by atoms with van der Waals surface area (Å²) in [4.78, 5) is 5.79. The maximum Gasteiger partial charge on any atom is 0.272 e. The first-order valence-corrected chi connectivity index (χ1v) is 13.4. The SMILES string of the molecule is C1CNC1.C=C=C(CC)c1ccc(C)c(C/C(C=N)=C(C)\C=C/CN(C)C)c1.Cc1cncc(C(C)(F)F)c1. The van der Waals surface area contributed by atoms with Crippen LogP contribution >= 0.6 is 0 Å². The Morgan fingerprint density at radius 3 is 2.28 bits per heavy atom. The van der Waals surface area contributed by atoms with Gasteiger partial charge in [-0.2, -0.15) is 0 Å². The molecule has 0 amide bonds. The van der Waals surface area contributed by atoms with Gasteiger partial charge in [0, 0.05) is 43.2 Å². The number of likely N-dealkylation sites (N-methyl/N-ethyl adjacent to an activating group) is 1. The number of hydrogen-bond donors (Lipinski definition) is 2. The second-order valence-corrected chi connectivity index (χ2v) is 10.1. The molecule has 0 bridgehead atoms. The first-order valence-electron chi connectivity index (χ1n) is 13.4. The minimum atomic E-state index is -2.78. The van der Waals surface area contributed by atoms with Gasteiger partial charge in [0.15, 0.2) is 0 Å². The molecule has 2 aromatic rings. The molecule has 1 aliphatic heterocycles. The van der Waals surface area contributed by atoms with Gasteiger partial charge in [-0.1, -0.05) is 43.9 Å². The summed E-state index contributed by atoms with van der Waals surface area (Å²) in [6.45, 7) is 16.1. The highest BCUT2D eigenvalue weighted by Gasteiger charge is 2.24. The number of alkyl halides is 2. The Balaban J connectivity index is 0.000000411. The molecular weight excluding hydrogens is 490 g/mol. The standard InChI is InChI=1S/C22H30N2.C8H9F2N.C3H7N/c1-7-19(8-2)20-12-11-18(4)21(14-20)15-22(16-23)17(3)10-9-13-24(5)6;1-6-3-7(5-11-4-6)8(2,9)10;1-2-4-3-1/h9-12,14,16,23H,1,8,13,15H2,2-6H3;3-5H,1-2H3;4H,1-3H2/b10-9-,22-17+,23-16?;;. The van der Waals surface area contributed by atoms with Crippen molar-refractivity contribution in [2.24, 2.45) is 0 Å². The van der Waals surface area contributed by atoms with E-state index < -0.39 is 5.92 Å². The molecule has 2 N–H and O–H groups in total. The molecule has 4 nitrogen and oxygen atoms in total. The van der Waals surface area contributed by atoms with E-state index in [0.717, 1.165) is 48.6 Å². The predicted octanol–water partition coefficient (Wildman–Crippen LogP) is 7.68. The molecule has 3 rings (SSSR count). The summed E-state index contributed by atoms with van der Waals surface area (Å²) >= 11 is 0. The van der Waals surface area contributed by atoms with Gasteiger partial charge in [-0.15, -0.1) is 5.73 Å². The molecule has 0 unspecified atom stereocenters. The smallest absolute Gasteiger partial charge is 0.272 e. The molecule has 2 heterocycles. The van der Waals surface area contributed by atoms with E-state index in [-0.39, 0.29) is 5.56 Å². The number of nitrogens with one attached hydrogen (secondary N) is 2. The van der Waals surface area contributed by atoms with Gasteiger partial charge < -0.3 is 15.6 Å². The summed E-state index contributed by atoms with van der Waals surface area (Å²) in [6.07, 6.45) is 11.5. The van der Waals surface area contributed by atoms with Gasteiger partial charge in [0.2, 0.25) is 0 Å². The van der Waals surface area contributed by atoms with Crippen LogP contribution in [0.15, 0.2) is 72.3 Å². The molecule has 212 valence electrons. The Bertz CT molecular complexity index is 1160. The van der Waals surface area contributed by atoms with E-state index in [4.69, 9.17) is 5.41 Å². The van der Waals surface area contributed by atoms with Gasteiger partial charge in [0.1, 0.15) is 0 Å². The van der Waals surface area contributed by atoms with E-state index in [0.29, 0.717) is 0 Å². The highest BCUT2D eigenvalue weighted by molar-refractivity contribution is 5.79. The lowest BCUT2D eigenvalue weighted by molar-refractivity contribution is 0.0170. The van der Waals surface area contributed by atoms with Gasteiger partial charge >= 0.3 is 0 Å². The first kappa shape index (κ1) is 33.8. The van der Waals surface area contributed by atoms with E-state index in [1.54, 1.807) is 13.1 Å². The number of benzene rings is 1.